The topological polar surface area (TPSA) is 26.3 Å². The van der Waals surface area contributed by atoms with E-state index in [1.54, 1.807) is 6.08 Å². The molecule has 0 saturated carbocycles. The van der Waals surface area contributed by atoms with Gasteiger partial charge >= 0.3 is 5.97 Å². The minimum atomic E-state index is -0.240. The predicted molar refractivity (Wildman–Crippen MR) is 38.5 cm³/mol. The van der Waals surface area contributed by atoms with Gasteiger partial charge in [-0.3, -0.25) is 0 Å². The first-order valence-electron chi connectivity index (χ1n) is 3.29. The number of methoxy groups -OCH3 is 1. The fourth-order valence-electron chi connectivity index (χ4n) is 0.883. The lowest BCUT2D eigenvalue weighted by Gasteiger charge is -2.02. The molecule has 0 fully saturated rings. The molecular weight excluding hydrogens is 128 g/mol. The monoisotopic (exact) mass is 138 g/mol. The van der Waals surface area contributed by atoms with Gasteiger partial charge in [0.1, 0.15) is 0 Å². The van der Waals surface area contributed by atoms with E-state index >= 15 is 0 Å². The lowest BCUT2D eigenvalue weighted by Crippen LogP contribution is -2.03. The average Bonchev–Trinajstić information content (AvgIpc) is 2.05. The minimum Gasteiger partial charge on any atom is -0.465 e. The van der Waals surface area contributed by atoms with Crippen LogP contribution >= 0.6 is 0 Å². The first-order chi connectivity index (χ1) is 4.84. The van der Waals surface area contributed by atoms with Crippen molar-refractivity contribution in [2.75, 3.05) is 7.11 Å². The van der Waals surface area contributed by atoms with Gasteiger partial charge in [0.2, 0.25) is 0 Å². The molecule has 10 heavy (non-hydrogen) atoms. The van der Waals surface area contributed by atoms with Gasteiger partial charge in [-0.15, -0.1) is 0 Å². The van der Waals surface area contributed by atoms with E-state index in [2.05, 4.69) is 4.74 Å². The first kappa shape index (κ1) is 7.06. The summed E-state index contributed by atoms with van der Waals surface area (Å²) in [6, 6.07) is 0. The van der Waals surface area contributed by atoms with Crippen LogP contribution in [0.3, 0.4) is 0 Å². The fourth-order valence-corrected chi connectivity index (χ4v) is 0.883. The molecule has 0 aromatic carbocycles. The van der Waals surface area contributed by atoms with E-state index in [4.69, 9.17) is 0 Å². The van der Waals surface area contributed by atoms with Crippen LogP contribution in [0.5, 0.6) is 0 Å². The molecule has 0 aromatic heterocycles. The molecule has 0 amide bonds. The molecule has 1 aliphatic carbocycles. The normalized spacial score (nSPS) is 16.3. The molecule has 0 spiro atoms. The lowest BCUT2D eigenvalue weighted by molar-refractivity contribution is -0.135. The van der Waals surface area contributed by atoms with Crippen LogP contribution in [0.25, 0.3) is 0 Å². The number of esters is 1. The second kappa shape index (κ2) is 3.20. The molecule has 0 radical (unpaired) electrons. The highest BCUT2D eigenvalue weighted by Gasteiger charge is 2.06. The number of hydrogen-bond acceptors (Lipinski definition) is 2. The van der Waals surface area contributed by atoms with Gasteiger partial charge in [-0.2, -0.15) is 0 Å². The molecule has 0 bridgehead atoms. The highest BCUT2D eigenvalue weighted by molar-refractivity contribution is 5.91. The molecule has 0 unspecified atom stereocenters. The Bertz CT molecular complexity index is 189. The first-order valence-corrected chi connectivity index (χ1v) is 3.29. The maximum absolute atomic E-state index is 10.8. The molecule has 1 rings (SSSR count). The van der Waals surface area contributed by atoms with Gasteiger partial charge in [0.25, 0.3) is 0 Å². The number of rotatable bonds is 1. The van der Waals surface area contributed by atoms with E-state index in [0.29, 0.717) is 5.57 Å². The van der Waals surface area contributed by atoms with Crippen LogP contribution in [0.4, 0.5) is 0 Å². The van der Waals surface area contributed by atoms with Gasteiger partial charge in [0.05, 0.1) is 12.7 Å². The van der Waals surface area contributed by atoms with Crippen molar-refractivity contribution in [1.82, 2.24) is 0 Å². The van der Waals surface area contributed by atoms with Crippen LogP contribution in [0.2, 0.25) is 0 Å². The second-order valence-electron chi connectivity index (χ2n) is 2.13. The van der Waals surface area contributed by atoms with E-state index in [0.717, 1.165) is 12.8 Å². The summed E-state index contributed by atoms with van der Waals surface area (Å²) in [5.41, 5.74) is 0.675. The Labute approximate surface area is 60.2 Å². The predicted octanol–water partition coefficient (Wildman–Crippen LogP) is 1.44. The van der Waals surface area contributed by atoms with E-state index in [-0.39, 0.29) is 5.97 Å². The number of carbonyl (C=O) groups excluding carboxylic acids is 1. The smallest absolute Gasteiger partial charge is 0.337 e. The maximum atomic E-state index is 10.8. The SMILES string of the molecule is COC(=O)C1=CCCC=C1. The summed E-state index contributed by atoms with van der Waals surface area (Å²) in [4.78, 5) is 10.8. The van der Waals surface area contributed by atoms with Crippen molar-refractivity contribution in [2.45, 2.75) is 12.8 Å². The number of ether oxygens (including phenoxy) is 1. The molecule has 0 aliphatic heterocycles. The Balaban J connectivity index is 2.63. The Morgan fingerprint density at radius 3 is 2.90 bits per heavy atom. The van der Waals surface area contributed by atoms with E-state index in [9.17, 15) is 4.79 Å². The molecule has 0 aromatic rings. The van der Waals surface area contributed by atoms with Crippen molar-refractivity contribution in [2.24, 2.45) is 0 Å². The molecule has 2 nitrogen and oxygen atoms in total. The van der Waals surface area contributed by atoms with Crippen molar-refractivity contribution in [3.63, 3.8) is 0 Å². The van der Waals surface area contributed by atoms with Gasteiger partial charge in [0.15, 0.2) is 0 Å². The van der Waals surface area contributed by atoms with Crippen LogP contribution in [-0.4, -0.2) is 13.1 Å². The molecule has 0 N–H and O–H groups in total. The largest absolute Gasteiger partial charge is 0.465 e. The third kappa shape index (κ3) is 1.47. The summed E-state index contributed by atoms with van der Waals surface area (Å²) >= 11 is 0. The van der Waals surface area contributed by atoms with Gasteiger partial charge in [-0.05, 0) is 12.8 Å². The van der Waals surface area contributed by atoms with E-state index in [1.807, 2.05) is 12.2 Å². The van der Waals surface area contributed by atoms with Gasteiger partial charge in [-0.1, -0.05) is 18.2 Å². The van der Waals surface area contributed by atoms with Crippen LogP contribution in [0, 0.1) is 0 Å². The summed E-state index contributed by atoms with van der Waals surface area (Å²) in [6.07, 6.45) is 7.65. The van der Waals surface area contributed by atoms with Gasteiger partial charge in [0, 0.05) is 0 Å². The van der Waals surface area contributed by atoms with Gasteiger partial charge < -0.3 is 4.74 Å². The van der Waals surface area contributed by atoms with Crippen molar-refractivity contribution in [1.29, 1.82) is 0 Å². The highest BCUT2D eigenvalue weighted by atomic mass is 16.5. The minimum absolute atomic E-state index is 0.240. The molecule has 2 heteroatoms. The van der Waals surface area contributed by atoms with Crippen molar-refractivity contribution in [3.05, 3.63) is 23.8 Å². The zero-order chi connectivity index (χ0) is 7.40. The summed E-state index contributed by atoms with van der Waals surface area (Å²) in [6.45, 7) is 0. The van der Waals surface area contributed by atoms with E-state index in [1.165, 1.54) is 7.11 Å². The van der Waals surface area contributed by atoms with Crippen LogP contribution in [0.1, 0.15) is 12.8 Å². The molecule has 54 valence electrons. The summed E-state index contributed by atoms with van der Waals surface area (Å²) in [5, 5.41) is 0. The quantitative estimate of drug-likeness (QED) is 0.512. The van der Waals surface area contributed by atoms with Crippen LogP contribution < -0.4 is 0 Å². The Kier molecular flexibility index (Phi) is 2.26. The molecule has 0 saturated heterocycles. The molecule has 1 aliphatic rings. The highest BCUT2D eigenvalue weighted by Crippen LogP contribution is 2.09. The third-order valence-corrected chi connectivity index (χ3v) is 1.42. The zero-order valence-corrected chi connectivity index (χ0v) is 5.96. The fraction of sp³-hybridized carbons (Fsp3) is 0.375. The van der Waals surface area contributed by atoms with Gasteiger partial charge in [-0.25, -0.2) is 4.79 Å². The van der Waals surface area contributed by atoms with Crippen molar-refractivity contribution in [3.8, 4) is 0 Å². The third-order valence-electron chi connectivity index (χ3n) is 1.42. The Morgan fingerprint density at radius 1 is 1.60 bits per heavy atom. The molecule has 0 atom stereocenters. The van der Waals surface area contributed by atoms with Crippen molar-refractivity contribution < 1.29 is 9.53 Å². The Morgan fingerprint density at radius 2 is 2.40 bits per heavy atom. The van der Waals surface area contributed by atoms with Crippen molar-refractivity contribution >= 4 is 5.97 Å². The van der Waals surface area contributed by atoms with Crippen LogP contribution in [-0.2, 0) is 9.53 Å². The number of hydrogen-bond donors (Lipinski definition) is 0. The number of carbonyl (C=O) groups is 1. The molecule has 0 heterocycles. The number of allylic oxidation sites excluding steroid dienone is 2. The van der Waals surface area contributed by atoms with Crippen LogP contribution in [0.15, 0.2) is 23.8 Å². The molecular formula is C8H10O2. The van der Waals surface area contributed by atoms with E-state index < -0.39 is 0 Å². The lowest BCUT2D eigenvalue weighted by atomic mass is 10.1. The summed E-state index contributed by atoms with van der Waals surface area (Å²) in [7, 11) is 1.39. The second-order valence-corrected chi connectivity index (χ2v) is 2.13. The zero-order valence-electron chi connectivity index (χ0n) is 5.96. The maximum Gasteiger partial charge on any atom is 0.337 e. The average molecular weight is 138 g/mol. The Hall–Kier alpha value is -1.05. The summed E-state index contributed by atoms with van der Waals surface area (Å²) < 4.78 is 4.53. The summed E-state index contributed by atoms with van der Waals surface area (Å²) in [5.74, 6) is -0.240. The standard InChI is InChI=1S/C8H10O2/c1-10-8(9)7-5-3-2-4-6-7/h3,5-6H,2,4H2,1H3.